The first-order valence-corrected chi connectivity index (χ1v) is 20.1. The monoisotopic (exact) mass is 740 g/mol. The van der Waals surface area contributed by atoms with Gasteiger partial charge < -0.3 is 37.9 Å². The van der Waals surface area contributed by atoms with Crippen LogP contribution in [-0.2, 0) is 18.9 Å². The van der Waals surface area contributed by atoms with Gasteiger partial charge in [-0.05, 0) is 93.0 Å². The Kier molecular flexibility index (Phi) is 6.53. The molecule has 16 rings (SSSR count). The van der Waals surface area contributed by atoms with Crippen LogP contribution in [0.3, 0.4) is 0 Å². The summed E-state index contributed by atoms with van der Waals surface area (Å²) in [5, 5.41) is 0. The fourth-order valence-corrected chi connectivity index (χ4v) is 11.0. The molecule has 55 heavy (non-hydrogen) atoms. The summed E-state index contributed by atoms with van der Waals surface area (Å²) in [5.74, 6) is 3.22. The van der Waals surface area contributed by atoms with Crippen molar-refractivity contribution in [1.29, 1.82) is 0 Å². The average molecular weight is 741 g/mol. The van der Waals surface area contributed by atoms with Crippen LogP contribution in [0, 0.1) is 21.7 Å². The molecular weight excluding hydrogens is 693 g/mol. The second kappa shape index (κ2) is 10.9. The molecule has 8 heterocycles. The summed E-state index contributed by atoms with van der Waals surface area (Å²) < 4.78 is 51.7. The molecule has 284 valence electrons. The Morgan fingerprint density at radius 3 is 1.05 bits per heavy atom. The van der Waals surface area contributed by atoms with Crippen LogP contribution in [0.2, 0.25) is 0 Å². The summed E-state index contributed by atoms with van der Waals surface area (Å²) in [4.78, 5) is 0. The van der Waals surface area contributed by atoms with Gasteiger partial charge >= 0.3 is 0 Å². The lowest BCUT2D eigenvalue weighted by molar-refractivity contribution is -0.220. The topological polar surface area (TPSA) is 73.8 Å². The maximum Gasteiger partial charge on any atom is 0.119 e. The Morgan fingerprint density at radius 2 is 0.709 bits per heavy atom. The molecular formula is C47H48O8. The third kappa shape index (κ3) is 4.48. The van der Waals surface area contributed by atoms with Gasteiger partial charge in [0.25, 0.3) is 0 Å². The summed E-state index contributed by atoms with van der Waals surface area (Å²) >= 11 is 0. The molecule has 0 N–H and O–H groups in total. The zero-order valence-electron chi connectivity index (χ0n) is 32.3. The van der Waals surface area contributed by atoms with Gasteiger partial charge in [-0.15, -0.1) is 0 Å². The lowest BCUT2D eigenvalue weighted by Gasteiger charge is -2.44. The molecule has 4 aromatic carbocycles. The van der Waals surface area contributed by atoms with Crippen molar-refractivity contribution in [3.63, 3.8) is 0 Å². The smallest absolute Gasteiger partial charge is 0.119 e. The van der Waals surface area contributed by atoms with Gasteiger partial charge in [-0.25, -0.2) is 0 Å². The number of ether oxygens (including phenoxy) is 8. The van der Waals surface area contributed by atoms with E-state index in [1.54, 1.807) is 0 Å². The number of hydrogen-bond donors (Lipinski definition) is 0. The van der Waals surface area contributed by atoms with E-state index in [2.05, 4.69) is 114 Å². The fraction of sp³-hybridized carbons (Fsp3) is 0.489. The SMILES string of the molecule is CC1(C)C2OC1c1cc(OCC(COc3ccc4c(c3)C3CC4O3)(COc3ccc4c(c3)C3OC4C3(C)C)COc3ccc4c(c3)C3OC4C3(C)C)ccc12. The van der Waals surface area contributed by atoms with E-state index in [4.69, 9.17) is 37.9 Å². The molecule has 8 atom stereocenters. The lowest BCUT2D eigenvalue weighted by Crippen LogP contribution is -2.45. The second-order valence-electron chi connectivity index (χ2n) is 19.3. The number of benzene rings is 4. The van der Waals surface area contributed by atoms with Gasteiger partial charge in [0.1, 0.15) is 54.8 Å². The summed E-state index contributed by atoms with van der Waals surface area (Å²) in [5.41, 5.74) is 9.56. The quantitative estimate of drug-likeness (QED) is 0.142. The van der Waals surface area contributed by atoms with Crippen molar-refractivity contribution in [1.82, 2.24) is 0 Å². The van der Waals surface area contributed by atoms with Crippen LogP contribution in [-0.4, -0.2) is 26.4 Å². The Balaban J connectivity index is 0.866. The van der Waals surface area contributed by atoms with Crippen LogP contribution in [0.4, 0.5) is 0 Å². The maximum absolute atomic E-state index is 6.79. The highest BCUT2D eigenvalue weighted by Crippen LogP contribution is 2.69. The first-order valence-electron chi connectivity index (χ1n) is 20.1. The molecule has 0 spiro atoms. The second-order valence-corrected chi connectivity index (χ2v) is 19.3. The van der Waals surface area contributed by atoms with Gasteiger partial charge in [0.2, 0.25) is 0 Å². The molecule has 4 saturated heterocycles. The van der Waals surface area contributed by atoms with Crippen molar-refractivity contribution in [3.05, 3.63) is 117 Å². The molecule has 8 unspecified atom stereocenters. The third-order valence-corrected chi connectivity index (χ3v) is 14.4. The molecule has 0 amide bonds. The van der Waals surface area contributed by atoms with Crippen LogP contribution in [0.15, 0.2) is 72.8 Å². The van der Waals surface area contributed by atoms with Gasteiger partial charge in [-0.3, -0.25) is 0 Å². The molecule has 0 aromatic heterocycles. The summed E-state index contributed by atoms with van der Waals surface area (Å²) in [6, 6.07) is 25.6. The minimum absolute atomic E-state index is 0.0883. The van der Waals surface area contributed by atoms with E-state index < -0.39 is 5.41 Å². The summed E-state index contributed by atoms with van der Waals surface area (Å²) in [7, 11) is 0. The average Bonchev–Trinajstić information content (AvgIpc) is 4.02. The fourth-order valence-electron chi connectivity index (χ4n) is 11.0. The zero-order valence-corrected chi connectivity index (χ0v) is 32.3. The zero-order chi connectivity index (χ0) is 37.2. The largest absolute Gasteiger partial charge is 0.493 e. The van der Waals surface area contributed by atoms with Gasteiger partial charge in [0, 0.05) is 22.7 Å². The Morgan fingerprint density at radius 1 is 0.418 bits per heavy atom. The van der Waals surface area contributed by atoms with E-state index in [0.29, 0.717) is 26.4 Å². The van der Waals surface area contributed by atoms with Crippen LogP contribution in [0.25, 0.3) is 0 Å². The standard InChI is InChI=1S/C47H48O8/c1-44(2)38-29-12-8-25(16-33(29)41(44)53-38)49-21-47(20-48-24-7-11-28-32(15-24)37-19-36(28)52-37,22-50-26-9-13-30-34(17-26)42-45(3,4)39(30)54-42)23-51-27-10-14-31-35(18-27)43-46(5,6)40(31)55-43/h7-18,36-43H,19-23H2,1-6H3. The predicted molar refractivity (Wildman–Crippen MR) is 202 cm³/mol. The van der Waals surface area contributed by atoms with Crippen molar-refractivity contribution in [2.45, 2.75) is 96.8 Å². The molecule has 4 fully saturated rings. The molecule has 8 aliphatic heterocycles. The van der Waals surface area contributed by atoms with Gasteiger partial charge in [-0.2, -0.15) is 0 Å². The first kappa shape index (κ1) is 33.1. The molecule has 0 radical (unpaired) electrons. The van der Waals surface area contributed by atoms with Crippen LogP contribution in [0.5, 0.6) is 23.0 Å². The highest BCUT2D eigenvalue weighted by molar-refractivity contribution is 5.50. The van der Waals surface area contributed by atoms with E-state index >= 15 is 0 Å². The molecule has 8 heteroatoms. The van der Waals surface area contributed by atoms with Crippen molar-refractivity contribution >= 4 is 0 Å². The lowest BCUT2D eigenvalue weighted by atomic mass is 9.80. The number of hydrogen-bond acceptors (Lipinski definition) is 8. The van der Waals surface area contributed by atoms with E-state index in [-0.39, 0.29) is 65.1 Å². The molecule has 4 aromatic rings. The van der Waals surface area contributed by atoms with Crippen LogP contribution in [0.1, 0.15) is 141 Å². The Hall–Kier alpha value is -4.08. The molecule has 0 saturated carbocycles. The molecule has 4 aliphatic carbocycles. The van der Waals surface area contributed by atoms with Gasteiger partial charge in [0.05, 0.1) is 48.8 Å². The Bertz CT molecular complexity index is 2090. The number of rotatable bonds is 12. The first-order chi connectivity index (χ1) is 26.4. The minimum atomic E-state index is -0.720. The van der Waals surface area contributed by atoms with Crippen LogP contribution < -0.4 is 18.9 Å². The highest BCUT2D eigenvalue weighted by Gasteiger charge is 2.60. The van der Waals surface area contributed by atoms with Crippen molar-refractivity contribution in [2.75, 3.05) is 26.4 Å². The third-order valence-electron chi connectivity index (χ3n) is 14.4. The van der Waals surface area contributed by atoms with Crippen molar-refractivity contribution in [3.8, 4) is 23.0 Å². The van der Waals surface area contributed by atoms with Crippen LogP contribution >= 0.6 is 0 Å². The van der Waals surface area contributed by atoms with Crippen molar-refractivity contribution in [2.24, 2.45) is 21.7 Å². The molecule has 12 aliphatic rings. The van der Waals surface area contributed by atoms with E-state index in [1.165, 1.54) is 44.5 Å². The summed E-state index contributed by atoms with van der Waals surface area (Å²) in [6.45, 7) is 14.9. The van der Waals surface area contributed by atoms with Gasteiger partial charge in [-0.1, -0.05) is 65.8 Å². The van der Waals surface area contributed by atoms with E-state index in [9.17, 15) is 0 Å². The summed E-state index contributed by atoms with van der Waals surface area (Å²) in [6.07, 6.45) is 2.14. The van der Waals surface area contributed by atoms with E-state index in [1.807, 2.05) is 0 Å². The highest BCUT2D eigenvalue weighted by atomic mass is 16.5. The Labute approximate surface area is 322 Å². The minimum Gasteiger partial charge on any atom is -0.493 e. The predicted octanol–water partition coefficient (Wildman–Crippen LogP) is 10.3. The van der Waals surface area contributed by atoms with Gasteiger partial charge in [0.15, 0.2) is 0 Å². The molecule has 8 nitrogen and oxygen atoms in total. The normalized spacial score (nSPS) is 32.3. The molecule has 8 bridgehead atoms. The van der Waals surface area contributed by atoms with Crippen molar-refractivity contribution < 1.29 is 37.9 Å². The maximum atomic E-state index is 6.79. The van der Waals surface area contributed by atoms with E-state index in [0.717, 1.165) is 29.4 Å².